The van der Waals surface area contributed by atoms with Crippen molar-refractivity contribution >= 4 is 43.2 Å². The Labute approximate surface area is 407 Å². The van der Waals surface area contributed by atoms with Crippen molar-refractivity contribution < 1.29 is 23.1 Å². The molecule has 0 saturated heterocycles. The van der Waals surface area contributed by atoms with E-state index in [-0.39, 0.29) is 33.0 Å². The summed E-state index contributed by atoms with van der Waals surface area (Å²) in [5, 5.41) is 4.35. The second-order valence-corrected chi connectivity index (χ2v) is 31.7. The van der Waals surface area contributed by atoms with E-state index in [1.165, 1.54) is 58.4 Å². The van der Waals surface area contributed by atoms with Crippen LogP contribution in [0.2, 0.25) is 10.1 Å². The predicted molar refractivity (Wildman–Crippen MR) is 284 cm³/mol. The number of Topliss-reactive ketones (excluding diaryl/α,β-unsaturated/α-hetero) is 1. The molecule has 67 heavy (non-hydrogen) atoms. The lowest BCUT2D eigenvalue weighted by atomic mass is 9.60. The predicted octanol–water partition coefficient (Wildman–Crippen LogP) is 12.5. The highest BCUT2D eigenvalue weighted by Gasteiger charge is 2.56. The molecule has 0 aromatic heterocycles. The van der Waals surface area contributed by atoms with Crippen molar-refractivity contribution in [1.29, 1.82) is 0 Å². The number of allylic oxidation sites excluding steroid dienone is 3. The van der Waals surface area contributed by atoms with Gasteiger partial charge in [0.15, 0.2) is 5.78 Å². The van der Waals surface area contributed by atoms with Gasteiger partial charge in [-0.05, 0) is 106 Å². The molecule has 0 N–H and O–H groups in total. The topological polar surface area (TPSA) is 54.0 Å². The largest absolute Gasteiger partial charge is 0.404 e. The molecule has 7 heteroatoms. The summed E-state index contributed by atoms with van der Waals surface area (Å²) in [7, 11) is -4.40. The molecular formula is C60H82O5Si2. The third-order valence-corrected chi connectivity index (χ3v) is 26.4. The molecule has 3 aliphatic rings. The van der Waals surface area contributed by atoms with E-state index in [0.717, 1.165) is 24.8 Å². The maximum absolute atomic E-state index is 15.5. The Kier molecular flexibility index (Phi) is 16.1. The average Bonchev–Trinajstić information content (AvgIpc) is 3.67. The van der Waals surface area contributed by atoms with Gasteiger partial charge in [-0.15, -0.1) is 0 Å². The molecule has 3 aliphatic carbocycles. The van der Waals surface area contributed by atoms with Crippen molar-refractivity contribution in [2.75, 3.05) is 13.9 Å². The molecule has 0 spiro atoms. The van der Waals surface area contributed by atoms with Gasteiger partial charge in [0.2, 0.25) is 0 Å². The lowest BCUT2D eigenvalue weighted by Gasteiger charge is -2.48. The van der Waals surface area contributed by atoms with Gasteiger partial charge >= 0.3 is 0 Å². The lowest BCUT2D eigenvalue weighted by Crippen LogP contribution is -2.70. The zero-order chi connectivity index (χ0) is 48.1. The van der Waals surface area contributed by atoms with Gasteiger partial charge in [0, 0.05) is 25.5 Å². The lowest BCUT2D eigenvalue weighted by molar-refractivity contribution is -0.126. The van der Waals surface area contributed by atoms with Gasteiger partial charge in [0.25, 0.3) is 16.6 Å². The van der Waals surface area contributed by atoms with Gasteiger partial charge in [-0.3, -0.25) is 4.79 Å². The molecule has 3 saturated carbocycles. The Morgan fingerprint density at radius 2 is 1.19 bits per heavy atom. The molecule has 0 heterocycles. The standard InChI is InChI=1S/C60H82O5Si2/c1-45(26-24-40-59(8,9)63-44-62-11)53-38-39-54-46(27-25-41-60(53,54)10)36-37-47-42-48(64-66(57(2,3)4,49-28-16-12-17-29-49)50-30-18-13-19-31-50)43-55(56(47)61)65-67(58(5,6)7,51-32-20-14-21-33-51)52-34-22-15-23-35-52/h12-23,28-37,45,48,53-55H,24-27,38-44H2,1-11H3/b46-36+,47-37+/t45-,48-,53-,54+,55+,60-/m1/s1. The van der Waals surface area contributed by atoms with Gasteiger partial charge < -0.3 is 18.3 Å². The molecule has 0 aliphatic heterocycles. The minimum absolute atomic E-state index is 0.112. The first-order valence-corrected chi connectivity index (χ1v) is 29.3. The third-order valence-electron chi connectivity index (χ3n) is 16.3. The minimum Gasteiger partial charge on any atom is -0.404 e. The minimum atomic E-state index is -3.11. The molecule has 5 nitrogen and oxygen atoms in total. The fourth-order valence-corrected chi connectivity index (χ4v) is 22.3. The smallest absolute Gasteiger partial charge is 0.262 e. The molecule has 0 radical (unpaired) electrons. The molecule has 0 amide bonds. The number of ketones is 1. The Balaban J connectivity index is 1.28. The van der Waals surface area contributed by atoms with Crippen LogP contribution in [-0.4, -0.2) is 54.1 Å². The van der Waals surface area contributed by atoms with Crippen LogP contribution in [0.3, 0.4) is 0 Å². The molecule has 360 valence electrons. The number of fused-ring (bicyclic) bond motifs is 1. The van der Waals surface area contributed by atoms with Crippen molar-refractivity contribution in [2.24, 2.45) is 23.2 Å². The summed E-state index contributed by atoms with van der Waals surface area (Å²) in [6.45, 7) is 23.7. The number of methoxy groups -OCH3 is 1. The van der Waals surface area contributed by atoms with Gasteiger partial charge in [-0.2, -0.15) is 0 Å². The quantitative estimate of drug-likeness (QED) is 0.0600. The second-order valence-electron chi connectivity index (χ2n) is 23.2. The van der Waals surface area contributed by atoms with Gasteiger partial charge in [0.1, 0.15) is 12.9 Å². The van der Waals surface area contributed by atoms with Crippen LogP contribution in [0, 0.1) is 23.2 Å². The highest BCUT2D eigenvalue weighted by Crippen LogP contribution is 2.60. The SMILES string of the molecule is COCOC(C)(C)CCC[C@@H](C)[C@H]1CC[C@H]2/C(=C/C=C3\C[C@@H](O[Si](c4ccccc4)(c4ccccc4)C(C)(C)C)C[C@H](O[Si](c4ccccc4)(c4ccccc4)C(C)(C)C)C3=O)CCC[C@]12C. The van der Waals surface area contributed by atoms with E-state index in [4.69, 9.17) is 18.3 Å². The summed E-state index contributed by atoms with van der Waals surface area (Å²) in [5.74, 6) is 1.96. The zero-order valence-corrected chi connectivity index (χ0v) is 44.9. The molecule has 4 aromatic rings. The van der Waals surface area contributed by atoms with Crippen molar-refractivity contribution in [2.45, 2.75) is 161 Å². The van der Waals surface area contributed by atoms with Crippen LogP contribution in [0.1, 0.15) is 133 Å². The van der Waals surface area contributed by atoms with Crippen LogP contribution >= 0.6 is 0 Å². The first-order chi connectivity index (χ1) is 31.9. The van der Waals surface area contributed by atoms with E-state index in [0.29, 0.717) is 37.4 Å². The van der Waals surface area contributed by atoms with Crippen LogP contribution in [-0.2, 0) is 23.1 Å². The Morgan fingerprint density at radius 3 is 1.67 bits per heavy atom. The molecule has 4 aromatic carbocycles. The van der Waals surface area contributed by atoms with Crippen LogP contribution in [0.15, 0.2) is 145 Å². The van der Waals surface area contributed by atoms with Crippen molar-refractivity contribution in [3.63, 3.8) is 0 Å². The van der Waals surface area contributed by atoms with Crippen LogP contribution in [0.4, 0.5) is 0 Å². The highest BCUT2D eigenvalue weighted by atomic mass is 28.4. The Morgan fingerprint density at radius 1 is 0.701 bits per heavy atom. The van der Waals surface area contributed by atoms with E-state index in [1.807, 2.05) is 0 Å². The summed E-state index contributed by atoms with van der Waals surface area (Å²) in [6.07, 6.45) is 14.2. The van der Waals surface area contributed by atoms with Gasteiger partial charge in [-0.1, -0.05) is 207 Å². The summed E-state index contributed by atoms with van der Waals surface area (Å²) >= 11 is 0. The number of hydrogen-bond acceptors (Lipinski definition) is 5. The Bertz CT molecular complexity index is 2200. The fraction of sp³-hybridized carbons (Fsp3) is 0.517. The third kappa shape index (κ3) is 10.7. The number of ether oxygens (including phenoxy) is 2. The maximum Gasteiger partial charge on any atom is 0.262 e. The number of benzene rings is 4. The monoisotopic (exact) mass is 939 g/mol. The number of rotatable bonds is 17. The highest BCUT2D eigenvalue weighted by molar-refractivity contribution is 7.00. The fourth-order valence-electron chi connectivity index (χ4n) is 12.9. The first-order valence-electron chi connectivity index (χ1n) is 25.5. The molecule has 0 bridgehead atoms. The van der Waals surface area contributed by atoms with Crippen LogP contribution in [0.25, 0.3) is 0 Å². The first kappa shape index (κ1) is 51.2. The van der Waals surface area contributed by atoms with E-state index in [2.05, 4.69) is 203 Å². The second kappa shape index (κ2) is 21.1. The van der Waals surface area contributed by atoms with Crippen LogP contribution in [0.5, 0.6) is 0 Å². The molecule has 3 fully saturated rings. The van der Waals surface area contributed by atoms with Crippen molar-refractivity contribution in [3.05, 3.63) is 145 Å². The summed E-state index contributed by atoms with van der Waals surface area (Å²) < 4.78 is 27.0. The summed E-state index contributed by atoms with van der Waals surface area (Å²) in [4.78, 5) is 15.5. The van der Waals surface area contributed by atoms with Crippen molar-refractivity contribution in [1.82, 2.24) is 0 Å². The molecular weight excluding hydrogens is 857 g/mol. The number of hydrogen-bond donors (Lipinski definition) is 0. The van der Waals surface area contributed by atoms with Crippen LogP contribution < -0.4 is 20.7 Å². The zero-order valence-electron chi connectivity index (χ0n) is 42.9. The normalized spacial score (nSPS) is 24.8. The van der Waals surface area contributed by atoms with E-state index < -0.39 is 22.7 Å². The molecule has 7 rings (SSSR count). The number of carbonyl (C=O) groups excluding carboxylic acids is 1. The van der Waals surface area contributed by atoms with Crippen molar-refractivity contribution in [3.8, 4) is 0 Å². The summed E-state index contributed by atoms with van der Waals surface area (Å²) in [5.41, 5.74) is 2.43. The summed E-state index contributed by atoms with van der Waals surface area (Å²) in [6, 6.07) is 43.4. The van der Waals surface area contributed by atoms with E-state index >= 15 is 4.79 Å². The maximum atomic E-state index is 15.5. The average molecular weight is 939 g/mol. The van der Waals surface area contributed by atoms with E-state index in [1.54, 1.807) is 7.11 Å². The van der Waals surface area contributed by atoms with Gasteiger partial charge in [-0.25, -0.2) is 0 Å². The Hall–Kier alpha value is -3.70. The van der Waals surface area contributed by atoms with E-state index in [9.17, 15) is 0 Å². The molecule has 6 atom stereocenters. The molecule has 0 unspecified atom stereocenters. The van der Waals surface area contributed by atoms with Gasteiger partial charge in [0.05, 0.1) is 11.7 Å². The number of carbonyl (C=O) groups is 1.